The quantitative estimate of drug-likeness (QED) is 0.878. The molecule has 0 saturated carbocycles. The number of carbonyl (C=O) groups is 1. The van der Waals surface area contributed by atoms with Gasteiger partial charge in [-0.2, -0.15) is 0 Å². The Kier molecular flexibility index (Phi) is 3.89. The molecule has 0 atom stereocenters. The van der Waals surface area contributed by atoms with Crippen molar-refractivity contribution < 1.29 is 9.18 Å². The van der Waals surface area contributed by atoms with Gasteiger partial charge in [-0.15, -0.1) is 0 Å². The number of halogens is 1. The lowest BCUT2D eigenvalue weighted by molar-refractivity contribution is 0.0919. The number of nitrogens with one attached hydrogen (secondary N) is 1. The van der Waals surface area contributed by atoms with Crippen LogP contribution in [0, 0.1) is 5.82 Å². The number of hydrogen-bond donors (Lipinski definition) is 1. The first-order chi connectivity index (χ1) is 9.37. The van der Waals surface area contributed by atoms with Crippen molar-refractivity contribution in [3.05, 3.63) is 59.9 Å². The van der Waals surface area contributed by atoms with Gasteiger partial charge in [0.05, 0.1) is 0 Å². The Balaban J connectivity index is 2.23. The zero-order chi connectivity index (χ0) is 14.8. The van der Waals surface area contributed by atoms with E-state index in [0.717, 1.165) is 5.56 Å². The minimum atomic E-state index is -0.276. The minimum Gasteiger partial charge on any atom is -0.347 e. The Labute approximate surface area is 118 Å². The first-order valence-corrected chi connectivity index (χ1v) is 6.54. The van der Waals surface area contributed by atoms with Gasteiger partial charge < -0.3 is 5.32 Å². The molecule has 2 aromatic carbocycles. The smallest absolute Gasteiger partial charge is 0.251 e. The molecule has 20 heavy (non-hydrogen) atoms. The van der Waals surface area contributed by atoms with Crippen LogP contribution < -0.4 is 5.32 Å². The van der Waals surface area contributed by atoms with Crippen LogP contribution in [0.15, 0.2) is 48.5 Å². The lowest BCUT2D eigenvalue weighted by atomic mass is 10.0. The van der Waals surface area contributed by atoms with Gasteiger partial charge in [0.1, 0.15) is 5.82 Å². The van der Waals surface area contributed by atoms with E-state index in [-0.39, 0.29) is 17.3 Å². The summed E-state index contributed by atoms with van der Waals surface area (Å²) in [5, 5.41) is 2.89. The van der Waals surface area contributed by atoms with Crippen LogP contribution in [0.3, 0.4) is 0 Å². The van der Waals surface area contributed by atoms with Gasteiger partial charge in [0, 0.05) is 16.7 Å². The highest BCUT2D eigenvalue weighted by atomic mass is 19.1. The third-order valence-electron chi connectivity index (χ3n) is 2.82. The fourth-order valence-electron chi connectivity index (χ4n) is 1.91. The lowest BCUT2D eigenvalue weighted by Gasteiger charge is -2.20. The second-order valence-electron chi connectivity index (χ2n) is 5.76. The number of amides is 1. The molecule has 0 aliphatic heterocycles. The molecular weight excluding hydrogens is 253 g/mol. The molecular formula is C17H18FNO. The van der Waals surface area contributed by atoms with E-state index in [1.807, 2.05) is 20.8 Å². The third kappa shape index (κ3) is 3.44. The van der Waals surface area contributed by atoms with Crippen molar-refractivity contribution in [2.45, 2.75) is 26.3 Å². The molecule has 0 saturated heterocycles. The van der Waals surface area contributed by atoms with E-state index in [2.05, 4.69) is 5.32 Å². The molecule has 3 heteroatoms. The van der Waals surface area contributed by atoms with E-state index in [0.29, 0.717) is 11.1 Å². The van der Waals surface area contributed by atoms with Crippen molar-refractivity contribution >= 4 is 5.91 Å². The Hall–Kier alpha value is -2.16. The summed E-state index contributed by atoms with van der Waals surface area (Å²) < 4.78 is 13.7. The first-order valence-electron chi connectivity index (χ1n) is 6.54. The van der Waals surface area contributed by atoms with Gasteiger partial charge in [-0.25, -0.2) is 4.39 Å². The van der Waals surface area contributed by atoms with Crippen molar-refractivity contribution in [3.63, 3.8) is 0 Å². The summed E-state index contributed by atoms with van der Waals surface area (Å²) in [7, 11) is 0. The van der Waals surface area contributed by atoms with Crippen molar-refractivity contribution in [2.75, 3.05) is 0 Å². The van der Waals surface area contributed by atoms with E-state index in [4.69, 9.17) is 0 Å². The van der Waals surface area contributed by atoms with Crippen molar-refractivity contribution in [1.82, 2.24) is 5.32 Å². The summed E-state index contributed by atoms with van der Waals surface area (Å²) in [5.41, 5.74) is 1.59. The number of benzene rings is 2. The summed E-state index contributed by atoms with van der Waals surface area (Å²) >= 11 is 0. The van der Waals surface area contributed by atoms with E-state index in [9.17, 15) is 9.18 Å². The summed E-state index contributed by atoms with van der Waals surface area (Å²) in [4.78, 5) is 12.0. The van der Waals surface area contributed by atoms with Crippen molar-refractivity contribution in [3.8, 4) is 11.1 Å². The molecule has 0 aromatic heterocycles. The van der Waals surface area contributed by atoms with Gasteiger partial charge in [0.2, 0.25) is 0 Å². The molecule has 0 radical (unpaired) electrons. The second-order valence-corrected chi connectivity index (χ2v) is 5.76. The van der Waals surface area contributed by atoms with Crippen LogP contribution in [-0.2, 0) is 0 Å². The average molecular weight is 271 g/mol. The molecule has 1 amide bonds. The predicted molar refractivity (Wildman–Crippen MR) is 79.1 cm³/mol. The molecule has 2 rings (SSSR count). The molecule has 0 unspecified atom stereocenters. The summed E-state index contributed by atoms with van der Waals surface area (Å²) in [6, 6.07) is 13.5. The fraction of sp³-hybridized carbons (Fsp3) is 0.235. The van der Waals surface area contributed by atoms with Gasteiger partial charge in [-0.1, -0.05) is 30.3 Å². The Morgan fingerprint density at radius 1 is 1.00 bits per heavy atom. The topological polar surface area (TPSA) is 29.1 Å². The number of carbonyl (C=O) groups excluding carboxylic acids is 1. The molecule has 0 fully saturated rings. The summed E-state index contributed by atoms with van der Waals surface area (Å²) in [6.45, 7) is 5.79. The van der Waals surface area contributed by atoms with Crippen LogP contribution in [0.4, 0.5) is 4.39 Å². The number of rotatable bonds is 2. The molecule has 1 N–H and O–H groups in total. The van der Waals surface area contributed by atoms with Crippen LogP contribution in [-0.4, -0.2) is 11.4 Å². The maximum Gasteiger partial charge on any atom is 0.251 e. The van der Waals surface area contributed by atoms with Gasteiger partial charge >= 0.3 is 0 Å². The summed E-state index contributed by atoms with van der Waals surface area (Å²) in [5.74, 6) is -0.392. The molecule has 2 nitrogen and oxygen atoms in total. The van der Waals surface area contributed by atoms with Crippen molar-refractivity contribution in [1.29, 1.82) is 0 Å². The van der Waals surface area contributed by atoms with Gasteiger partial charge in [-0.3, -0.25) is 4.79 Å². The molecule has 104 valence electrons. The molecule has 0 aliphatic carbocycles. The monoisotopic (exact) mass is 271 g/mol. The fourth-order valence-corrected chi connectivity index (χ4v) is 1.91. The Morgan fingerprint density at radius 3 is 2.15 bits per heavy atom. The van der Waals surface area contributed by atoms with E-state index in [1.165, 1.54) is 6.07 Å². The third-order valence-corrected chi connectivity index (χ3v) is 2.82. The van der Waals surface area contributed by atoms with E-state index < -0.39 is 0 Å². The summed E-state index contributed by atoms with van der Waals surface area (Å²) in [6.07, 6.45) is 0. The minimum absolute atomic E-state index is 0.127. The Bertz CT molecular complexity index is 612. The molecule has 2 aromatic rings. The highest BCUT2D eigenvalue weighted by molar-refractivity contribution is 5.95. The molecule has 0 aliphatic rings. The highest BCUT2D eigenvalue weighted by Crippen LogP contribution is 2.22. The second kappa shape index (κ2) is 5.45. The van der Waals surface area contributed by atoms with Gasteiger partial charge in [-0.05, 0) is 44.5 Å². The molecule has 0 spiro atoms. The maximum absolute atomic E-state index is 13.7. The maximum atomic E-state index is 13.7. The van der Waals surface area contributed by atoms with Crippen LogP contribution in [0.1, 0.15) is 31.1 Å². The largest absolute Gasteiger partial charge is 0.347 e. The first kappa shape index (κ1) is 14.3. The highest BCUT2D eigenvalue weighted by Gasteiger charge is 2.15. The van der Waals surface area contributed by atoms with Crippen LogP contribution in [0.5, 0.6) is 0 Å². The van der Waals surface area contributed by atoms with Crippen LogP contribution in [0.2, 0.25) is 0 Å². The van der Waals surface area contributed by atoms with Crippen molar-refractivity contribution in [2.24, 2.45) is 0 Å². The van der Waals surface area contributed by atoms with Crippen LogP contribution in [0.25, 0.3) is 11.1 Å². The standard InChI is InChI=1S/C17H18FNO/c1-17(2,3)19-16(20)13-10-8-12(9-11-13)14-6-4-5-7-15(14)18/h4-11H,1-3H3,(H,19,20). The zero-order valence-corrected chi connectivity index (χ0v) is 11.9. The number of hydrogen-bond acceptors (Lipinski definition) is 1. The Morgan fingerprint density at radius 2 is 1.60 bits per heavy atom. The van der Waals surface area contributed by atoms with Crippen LogP contribution >= 0.6 is 0 Å². The van der Waals surface area contributed by atoms with E-state index in [1.54, 1.807) is 42.5 Å². The predicted octanol–water partition coefficient (Wildman–Crippen LogP) is 4.02. The zero-order valence-electron chi connectivity index (χ0n) is 11.9. The van der Waals surface area contributed by atoms with Gasteiger partial charge in [0.25, 0.3) is 5.91 Å². The lowest BCUT2D eigenvalue weighted by Crippen LogP contribution is -2.40. The SMILES string of the molecule is CC(C)(C)NC(=O)c1ccc(-c2ccccc2F)cc1. The molecule has 0 bridgehead atoms. The average Bonchev–Trinajstić information content (AvgIpc) is 2.37. The normalized spacial score (nSPS) is 11.2. The van der Waals surface area contributed by atoms with Gasteiger partial charge in [0.15, 0.2) is 0 Å². The van der Waals surface area contributed by atoms with E-state index >= 15 is 0 Å². The molecule has 0 heterocycles.